The van der Waals surface area contributed by atoms with Crippen molar-refractivity contribution in [1.29, 1.82) is 0 Å². The van der Waals surface area contributed by atoms with Crippen LogP contribution in [0, 0.1) is 0 Å². The Morgan fingerprint density at radius 2 is 1.60 bits per heavy atom. The molecule has 0 spiro atoms. The number of hydrogen-bond acceptors (Lipinski definition) is 3. The van der Waals surface area contributed by atoms with Gasteiger partial charge in [-0.1, -0.05) is 18.2 Å². The number of quaternary nitrogens is 1. The van der Waals surface area contributed by atoms with Gasteiger partial charge in [0, 0.05) is 55.2 Å². The summed E-state index contributed by atoms with van der Waals surface area (Å²) in [7, 11) is 2.19. The first kappa shape index (κ1) is 32.8. The van der Waals surface area contributed by atoms with Gasteiger partial charge < -0.3 is 19.9 Å². The van der Waals surface area contributed by atoms with Crippen molar-refractivity contribution in [2.45, 2.75) is 62.5 Å². The summed E-state index contributed by atoms with van der Waals surface area (Å²) in [4.78, 5) is 20.8. The zero-order valence-electron chi connectivity index (χ0n) is 23.4. The van der Waals surface area contributed by atoms with Gasteiger partial charge in [-0.25, -0.2) is 0 Å². The minimum atomic E-state index is -4.99. The highest BCUT2D eigenvalue weighted by Gasteiger charge is 2.46. The van der Waals surface area contributed by atoms with Crippen LogP contribution in [-0.4, -0.2) is 59.5 Å². The molecule has 1 atom stereocenters. The fourth-order valence-electron chi connectivity index (χ4n) is 6.09. The van der Waals surface area contributed by atoms with Crippen molar-refractivity contribution in [2.24, 2.45) is 4.99 Å². The van der Waals surface area contributed by atoms with Gasteiger partial charge >= 0.3 is 12.4 Å². The van der Waals surface area contributed by atoms with Crippen LogP contribution in [-0.2, 0) is 30.0 Å². The number of nitrogens with zero attached hydrogens (tertiary/aromatic N) is 2. The molecule has 2 bridgehead atoms. The number of alkyl halides is 6. The summed E-state index contributed by atoms with van der Waals surface area (Å²) in [5, 5.41) is 17.0. The average Bonchev–Trinajstić information content (AvgIpc) is 3.34. The molecule has 3 aromatic rings. The number of rotatable bonds is 8. The molecule has 2 aromatic carbocycles. The standard InChI is InChI=1S/C30H32F6N4O2.BrH/c1-40-11-8-28(9-12-40,10-13-40)39-27(42)38-25(16-20-18-37-24-5-3-2-4-23(20)24)26(41)7-6-19-14-21(29(31,32)33)17-22(15-19)30(34,35)36;/h2-5,14-15,17-18,25,37H,6-13,16H2,1H3,(H-,38,39,42);1H. The summed E-state index contributed by atoms with van der Waals surface area (Å²) >= 11 is 0. The van der Waals surface area contributed by atoms with Crippen molar-refractivity contribution in [3.05, 3.63) is 70.9 Å². The Bertz CT molecular complexity index is 1440. The van der Waals surface area contributed by atoms with E-state index in [9.17, 15) is 36.2 Å². The second-order valence-corrected chi connectivity index (χ2v) is 11.8. The number of ketones is 1. The number of carbonyl (C=O) groups excluding carboxylic acids is 1. The molecule has 234 valence electrons. The minimum Gasteiger partial charge on any atom is -0.846 e. The monoisotopic (exact) mass is 674 g/mol. The number of Topliss-reactive ketones (excluding diaryl/α,β-unsaturated/α-hetero) is 1. The second kappa shape index (κ2) is 12.1. The summed E-state index contributed by atoms with van der Waals surface area (Å²) in [6, 6.07) is 6.87. The number of para-hydroxylation sites is 1. The van der Waals surface area contributed by atoms with Gasteiger partial charge in [0.15, 0.2) is 5.78 Å². The quantitative estimate of drug-likeness (QED) is 0.142. The Morgan fingerprint density at radius 3 is 2.19 bits per heavy atom. The summed E-state index contributed by atoms with van der Waals surface area (Å²) in [6.07, 6.45) is -6.58. The molecule has 2 N–H and O–H groups in total. The van der Waals surface area contributed by atoms with E-state index >= 15 is 0 Å². The van der Waals surface area contributed by atoms with Crippen molar-refractivity contribution in [2.75, 3.05) is 26.7 Å². The van der Waals surface area contributed by atoms with Crippen LogP contribution in [0.5, 0.6) is 0 Å². The smallest absolute Gasteiger partial charge is 0.416 e. The maximum absolute atomic E-state index is 13.4. The van der Waals surface area contributed by atoms with Gasteiger partial charge in [-0.2, -0.15) is 26.3 Å². The van der Waals surface area contributed by atoms with Gasteiger partial charge in [0.1, 0.15) is 6.04 Å². The van der Waals surface area contributed by atoms with E-state index in [1.54, 1.807) is 6.20 Å². The number of aromatic amines is 1. The lowest BCUT2D eigenvalue weighted by molar-refractivity contribution is -0.925. The zero-order valence-corrected chi connectivity index (χ0v) is 25.2. The number of nitrogens with one attached hydrogen (secondary N) is 2. The Hall–Kier alpha value is -3.06. The Balaban J connectivity index is 0.00000423. The van der Waals surface area contributed by atoms with Crippen LogP contribution in [0.2, 0.25) is 0 Å². The number of benzene rings is 2. The molecule has 13 heteroatoms. The average molecular weight is 676 g/mol. The first-order valence-corrected chi connectivity index (χ1v) is 13.9. The number of fused-ring (bicyclic) bond motifs is 4. The molecule has 4 heterocycles. The highest BCUT2D eigenvalue weighted by molar-refractivity contribution is 8.93. The number of aryl methyl sites for hydroxylation is 1. The van der Waals surface area contributed by atoms with Gasteiger partial charge in [-0.3, -0.25) is 9.79 Å². The van der Waals surface area contributed by atoms with Crippen LogP contribution < -0.4 is 10.4 Å². The molecule has 3 aliphatic rings. The molecule has 3 aliphatic heterocycles. The maximum atomic E-state index is 13.4. The number of aliphatic imine (C=N–C) groups is 1. The van der Waals surface area contributed by atoms with Crippen LogP contribution >= 0.6 is 17.0 Å². The van der Waals surface area contributed by atoms with Gasteiger partial charge in [-0.15, -0.1) is 17.0 Å². The molecule has 0 radical (unpaired) electrons. The van der Waals surface area contributed by atoms with Crippen molar-refractivity contribution < 1.29 is 40.7 Å². The van der Waals surface area contributed by atoms with E-state index in [0.717, 1.165) is 59.8 Å². The maximum Gasteiger partial charge on any atom is 0.416 e. The fraction of sp³-hybridized carbons (Fsp3) is 0.467. The molecule has 3 saturated heterocycles. The molecule has 6 nitrogen and oxygen atoms in total. The lowest BCUT2D eigenvalue weighted by Crippen LogP contribution is -2.68. The molecule has 43 heavy (non-hydrogen) atoms. The molecule has 0 amide bonds. The van der Waals surface area contributed by atoms with Crippen molar-refractivity contribution in [1.82, 2.24) is 10.3 Å². The van der Waals surface area contributed by atoms with E-state index < -0.39 is 46.9 Å². The Morgan fingerprint density at radius 1 is 1.02 bits per heavy atom. The summed E-state index contributed by atoms with van der Waals surface area (Å²) in [5.74, 6) is -0.546. The van der Waals surface area contributed by atoms with Gasteiger partial charge in [0.2, 0.25) is 0 Å². The number of halogens is 7. The first-order valence-electron chi connectivity index (χ1n) is 13.9. The van der Waals surface area contributed by atoms with Crippen LogP contribution in [0.1, 0.15) is 47.9 Å². The zero-order chi connectivity index (χ0) is 30.3. The second-order valence-electron chi connectivity index (χ2n) is 11.8. The third kappa shape index (κ3) is 7.54. The number of H-pyrrole nitrogens is 1. The Labute approximate surface area is 255 Å². The lowest BCUT2D eigenvalue weighted by atomic mass is 9.78. The van der Waals surface area contributed by atoms with E-state index in [4.69, 9.17) is 0 Å². The summed E-state index contributed by atoms with van der Waals surface area (Å²) in [5.41, 5.74) is -2.00. The van der Waals surface area contributed by atoms with E-state index in [1.807, 2.05) is 24.3 Å². The van der Waals surface area contributed by atoms with Gasteiger partial charge in [0.05, 0.1) is 43.3 Å². The van der Waals surface area contributed by atoms with Crippen LogP contribution in [0.3, 0.4) is 0 Å². The van der Waals surface area contributed by atoms with E-state index in [0.29, 0.717) is 12.1 Å². The topological polar surface area (TPSA) is 80.3 Å². The normalized spacial score (nSPS) is 23.2. The van der Waals surface area contributed by atoms with Crippen LogP contribution in [0.4, 0.5) is 26.3 Å². The van der Waals surface area contributed by atoms with Crippen molar-refractivity contribution in [3.8, 4) is 0 Å². The number of hydrogen-bond donors (Lipinski definition) is 2. The molecular weight excluding hydrogens is 642 g/mol. The molecule has 6 rings (SSSR count). The minimum absolute atomic E-state index is 0. The van der Waals surface area contributed by atoms with Gasteiger partial charge in [0.25, 0.3) is 0 Å². The molecule has 0 saturated carbocycles. The SMILES string of the molecule is Br.C[N+]12CCC(NC([O-])=NC(Cc3c[nH]c4ccccc34)C(=O)CCc3cc(C(F)(F)F)cc(C(F)(F)F)c3)(CC1)CC2. The third-order valence-electron chi connectivity index (χ3n) is 8.80. The molecule has 1 unspecified atom stereocenters. The number of amidine groups is 1. The Kier molecular flexibility index (Phi) is 9.28. The van der Waals surface area contributed by atoms with E-state index in [2.05, 4.69) is 22.3 Å². The number of carbonyl (C=O) groups is 1. The van der Waals surface area contributed by atoms with Crippen LogP contribution in [0.15, 0.2) is 53.7 Å². The van der Waals surface area contributed by atoms with E-state index in [-0.39, 0.29) is 47.9 Å². The van der Waals surface area contributed by atoms with E-state index in [1.165, 1.54) is 0 Å². The largest absolute Gasteiger partial charge is 0.846 e. The summed E-state index contributed by atoms with van der Waals surface area (Å²) < 4.78 is 80.9. The highest BCUT2D eigenvalue weighted by atomic mass is 79.9. The first-order chi connectivity index (χ1) is 19.6. The summed E-state index contributed by atoms with van der Waals surface area (Å²) in [6.45, 7) is 2.78. The molecule has 0 aliphatic carbocycles. The molecule has 3 fully saturated rings. The number of piperidine rings is 3. The van der Waals surface area contributed by atoms with Crippen molar-refractivity contribution >= 4 is 39.7 Å². The fourth-order valence-corrected chi connectivity index (χ4v) is 6.09. The third-order valence-corrected chi connectivity index (χ3v) is 8.80. The predicted molar refractivity (Wildman–Crippen MR) is 154 cm³/mol. The lowest BCUT2D eigenvalue weighted by Gasteiger charge is -2.54. The number of aromatic nitrogens is 1. The van der Waals surface area contributed by atoms with Crippen LogP contribution in [0.25, 0.3) is 10.9 Å². The van der Waals surface area contributed by atoms with Crippen molar-refractivity contribution in [3.63, 3.8) is 0 Å². The molecular formula is C30H33BrF6N4O2. The predicted octanol–water partition coefficient (Wildman–Crippen LogP) is 5.59. The highest BCUT2D eigenvalue weighted by Crippen LogP contribution is 2.37. The van der Waals surface area contributed by atoms with Gasteiger partial charge in [-0.05, 0) is 41.8 Å². The molecule has 1 aromatic heterocycles.